The van der Waals surface area contributed by atoms with Crippen LogP contribution in [-0.4, -0.2) is 11.7 Å². The van der Waals surface area contributed by atoms with Crippen LogP contribution in [-0.2, 0) is 0 Å². The van der Waals surface area contributed by atoms with Gasteiger partial charge in [-0.05, 0) is 19.3 Å². The molecule has 0 aliphatic carbocycles. The molecule has 0 atom stereocenters. The fourth-order valence-electron chi connectivity index (χ4n) is 2.00. The van der Waals surface area contributed by atoms with E-state index in [1.165, 1.54) is 64.2 Å². The summed E-state index contributed by atoms with van der Waals surface area (Å²) in [6.07, 6.45) is 22.9. The van der Waals surface area contributed by atoms with Gasteiger partial charge in [0.15, 0.2) is 0 Å². The third-order valence-corrected chi connectivity index (χ3v) is 3.15. The molecule has 0 unspecified atom stereocenters. The van der Waals surface area contributed by atoms with Gasteiger partial charge in [0.2, 0.25) is 0 Å². The highest BCUT2D eigenvalue weighted by Crippen LogP contribution is 2.10. The van der Waals surface area contributed by atoms with Crippen molar-refractivity contribution in [3.05, 3.63) is 24.3 Å². The summed E-state index contributed by atoms with van der Waals surface area (Å²) in [6.45, 7) is 2.52. The minimum Gasteiger partial charge on any atom is -0.396 e. The van der Waals surface area contributed by atoms with E-state index in [1.54, 1.807) is 0 Å². The van der Waals surface area contributed by atoms with Crippen LogP contribution in [0.3, 0.4) is 0 Å². The zero-order valence-electron chi connectivity index (χ0n) is 12.2. The van der Waals surface area contributed by atoms with E-state index in [4.69, 9.17) is 5.11 Å². The van der Waals surface area contributed by atoms with Crippen molar-refractivity contribution in [2.45, 2.75) is 77.6 Å². The van der Waals surface area contributed by atoms with Gasteiger partial charge < -0.3 is 5.11 Å². The fourth-order valence-corrected chi connectivity index (χ4v) is 2.00. The number of hydrogen-bond acceptors (Lipinski definition) is 1. The van der Waals surface area contributed by atoms with Crippen molar-refractivity contribution in [2.75, 3.05) is 6.61 Å². The molecule has 0 saturated heterocycles. The Morgan fingerprint density at radius 3 is 1.72 bits per heavy atom. The van der Waals surface area contributed by atoms with Crippen molar-refractivity contribution in [1.82, 2.24) is 0 Å². The molecular weight excluding hydrogens is 220 g/mol. The molecule has 0 aromatic heterocycles. The third-order valence-electron chi connectivity index (χ3n) is 3.15. The van der Waals surface area contributed by atoms with E-state index in [-0.39, 0.29) is 6.61 Å². The first-order valence-electron chi connectivity index (χ1n) is 7.84. The number of hydrogen-bond donors (Lipinski definition) is 1. The quantitative estimate of drug-likeness (QED) is 0.343. The molecule has 0 aromatic carbocycles. The molecule has 0 heterocycles. The second kappa shape index (κ2) is 16.4. The van der Waals surface area contributed by atoms with E-state index in [1.807, 2.05) is 12.2 Å². The van der Waals surface area contributed by atoms with Gasteiger partial charge in [0, 0.05) is 6.61 Å². The van der Waals surface area contributed by atoms with Crippen LogP contribution in [0.5, 0.6) is 0 Å². The lowest BCUT2D eigenvalue weighted by Crippen LogP contribution is -1.80. The van der Waals surface area contributed by atoms with Crippen molar-refractivity contribution in [3.63, 3.8) is 0 Å². The largest absolute Gasteiger partial charge is 0.396 e. The number of unbranched alkanes of at least 4 members (excludes halogenated alkanes) is 9. The molecule has 0 aromatic rings. The monoisotopic (exact) mass is 252 g/mol. The fraction of sp³-hybridized carbons (Fsp3) is 0.765. The standard InChI is InChI=1S/C17H32O/c1-2-3-4-5-6-7-8-9-10-11-12-13-14-15-16-17-18/h12-15,18H,2-11,16-17H2,1H3. The first-order chi connectivity index (χ1) is 8.91. The molecule has 0 radical (unpaired) electrons. The second-order valence-corrected chi connectivity index (χ2v) is 4.99. The minimum atomic E-state index is 0.253. The van der Waals surface area contributed by atoms with Crippen molar-refractivity contribution in [3.8, 4) is 0 Å². The molecule has 0 bridgehead atoms. The Bertz CT molecular complexity index is 194. The van der Waals surface area contributed by atoms with Gasteiger partial charge in [-0.2, -0.15) is 0 Å². The predicted octanol–water partition coefficient (Wildman–Crippen LogP) is 5.40. The van der Waals surface area contributed by atoms with Crippen LogP contribution in [0, 0.1) is 0 Å². The Morgan fingerprint density at radius 2 is 1.17 bits per heavy atom. The van der Waals surface area contributed by atoms with Gasteiger partial charge >= 0.3 is 0 Å². The summed E-state index contributed by atoms with van der Waals surface area (Å²) in [5.74, 6) is 0. The van der Waals surface area contributed by atoms with Gasteiger partial charge in [0.25, 0.3) is 0 Å². The lowest BCUT2D eigenvalue weighted by Gasteiger charge is -2.00. The van der Waals surface area contributed by atoms with Gasteiger partial charge in [-0.3, -0.25) is 0 Å². The third kappa shape index (κ3) is 15.4. The summed E-state index contributed by atoms with van der Waals surface area (Å²) in [5.41, 5.74) is 0. The molecule has 0 aliphatic rings. The minimum absolute atomic E-state index is 0.253. The smallest absolute Gasteiger partial charge is 0.0465 e. The normalized spacial score (nSPS) is 11.9. The van der Waals surface area contributed by atoms with Crippen molar-refractivity contribution in [1.29, 1.82) is 0 Å². The van der Waals surface area contributed by atoms with Crippen molar-refractivity contribution >= 4 is 0 Å². The highest BCUT2D eigenvalue weighted by molar-refractivity contribution is 5.02. The van der Waals surface area contributed by atoms with Crippen molar-refractivity contribution in [2.24, 2.45) is 0 Å². The Hall–Kier alpha value is -0.560. The molecule has 0 amide bonds. The molecule has 0 spiro atoms. The maximum atomic E-state index is 8.58. The van der Waals surface area contributed by atoms with E-state index in [0.717, 1.165) is 6.42 Å². The highest BCUT2D eigenvalue weighted by atomic mass is 16.2. The Balaban J connectivity index is 3.07. The van der Waals surface area contributed by atoms with Crippen LogP contribution in [0.4, 0.5) is 0 Å². The zero-order chi connectivity index (χ0) is 13.3. The van der Waals surface area contributed by atoms with E-state index in [2.05, 4.69) is 19.1 Å². The SMILES string of the molecule is CCCCCCCCCCCC=CC=CCCO. The molecule has 1 N–H and O–H groups in total. The first-order valence-corrected chi connectivity index (χ1v) is 7.84. The van der Waals surface area contributed by atoms with Gasteiger partial charge in [-0.15, -0.1) is 0 Å². The number of aliphatic hydroxyl groups is 1. The Kier molecular flexibility index (Phi) is 15.9. The molecule has 0 aliphatic heterocycles. The van der Waals surface area contributed by atoms with Crippen LogP contribution in [0.1, 0.15) is 77.6 Å². The summed E-state index contributed by atoms with van der Waals surface area (Å²) in [7, 11) is 0. The average molecular weight is 252 g/mol. The van der Waals surface area contributed by atoms with Crippen LogP contribution in [0.2, 0.25) is 0 Å². The summed E-state index contributed by atoms with van der Waals surface area (Å²) in [6, 6.07) is 0. The molecular formula is C17H32O. The maximum Gasteiger partial charge on any atom is 0.0465 e. The van der Waals surface area contributed by atoms with E-state index < -0.39 is 0 Å². The van der Waals surface area contributed by atoms with Gasteiger partial charge in [-0.25, -0.2) is 0 Å². The number of allylic oxidation sites excluding steroid dienone is 3. The van der Waals surface area contributed by atoms with Gasteiger partial charge in [0.05, 0.1) is 0 Å². The number of aliphatic hydroxyl groups excluding tert-OH is 1. The zero-order valence-corrected chi connectivity index (χ0v) is 12.2. The maximum absolute atomic E-state index is 8.58. The topological polar surface area (TPSA) is 20.2 Å². The molecule has 0 rings (SSSR count). The molecule has 0 saturated carbocycles. The van der Waals surface area contributed by atoms with Crippen LogP contribution >= 0.6 is 0 Å². The van der Waals surface area contributed by atoms with E-state index >= 15 is 0 Å². The molecule has 18 heavy (non-hydrogen) atoms. The van der Waals surface area contributed by atoms with Gasteiger partial charge in [-0.1, -0.05) is 82.6 Å². The van der Waals surface area contributed by atoms with Crippen LogP contribution in [0.15, 0.2) is 24.3 Å². The Morgan fingerprint density at radius 1 is 0.667 bits per heavy atom. The summed E-state index contributed by atoms with van der Waals surface area (Å²) in [4.78, 5) is 0. The van der Waals surface area contributed by atoms with E-state index in [0.29, 0.717) is 0 Å². The number of rotatable bonds is 13. The second-order valence-electron chi connectivity index (χ2n) is 4.99. The molecule has 0 fully saturated rings. The van der Waals surface area contributed by atoms with Crippen LogP contribution < -0.4 is 0 Å². The Labute approximate surface area is 114 Å². The first kappa shape index (κ1) is 17.4. The van der Waals surface area contributed by atoms with Crippen LogP contribution in [0.25, 0.3) is 0 Å². The van der Waals surface area contributed by atoms with Crippen molar-refractivity contribution < 1.29 is 5.11 Å². The molecule has 1 nitrogen and oxygen atoms in total. The molecule has 1 heteroatoms. The summed E-state index contributed by atoms with van der Waals surface area (Å²) in [5, 5.41) is 8.58. The summed E-state index contributed by atoms with van der Waals surface area (Å²) < 4.78 is 0. The molecule has 106 valence electrons. The highest BCUT2D eigenvalue weighted by Gasteiger charge is 1.90. The lowest BCUT2D eigenvalue weighted by molar-refractivity contribution is 0.302. The lowest BCUT2D eigenvalue weighted by atomic mass is 10.1. The summed E-state index contributed by atoms with van der Waals surface area (Å²) >= 11 is 0. The predicted molar refractivity (Wildman–Crippen MR) is 81.8 cm³/mol. The average Bonchev–Trinajstić information content (AvgIpc) is 2.39. The van der Waals surface area contributed by atoms with Gasteiger partial charge in [0.1, 0.15) is 0 Å². The van der Waals surface area contributed by atoms with E-state index in [9.17, 15) is 0 Å².